The van der Waals surface area contributed by atoms with E-state index >= 15 is 0 Å². The Morgan fingerprint density at radius 3 is 1.89 bits per heavy atom. The number of hydrogen-bond acceptors (Lipinski definition) is 10. The number of aryl methyl sites for hydroxylation is 1. The van der Waals surface area contributed by atoms with E-state index in [4.69, 9.17) is 4.74 Å². The molecule has 10 unspecified atom stereocenters. The molecule has 8 N–H and O–H groups in total. The number of aliphatic carboxylic acids is 2. The fourth-order valence-electron chi connectivity index (χ4n) is 7.91. The van der Waals surface area contributed by atoms with E-state index in [0.717, 1.165) is 21.6 Å². The van der Waals surface area contributed by atoms with Crippen molar-refractivity contribution >= 4 is 53.3 Å². The predicted octanol–water partition coefficient (Wildman–Crippen LogP) is 3.20. The molecule has 1 aliphatic heterocycles. The van der Waals surface area contributed by atoms with E-state index in [0.29, 0.717) is 6.42 Å². The van der Waals surface area contributed by atoms with Crippen LogP contribution in [0.3, 0.4) is 0 Å². The van der Waals surface area contributed by atoms with Crippen molar-refractivity contribution in [2.45, 2.75) is 129 Å². The van der Waals surface area contributed by atoms with E-state index in [-0.39, 0.29) is 37.2 Å². The molecule has 1 aliphatic rings. The van der Waals surface area contributed by atoms with Gasteiger partial charge in [0.25, 0.3) is 5.91 Å². The van der Waals surface area contributed by atoms with Crippen LogP contribution in [0.1, 0.15) is 85.3 Å². The molecule has 1 saturated heterocycles. The first-order valence-electron chi connectivity index (χ1n) is 24.1. The summed E-state index contributed by atoms with van der Waals surface area (Å²) in [6, 6.07) is 10.3. The number of carboxylic acid groups (broad SMARTS) is 2. The average Bonchev–Trinajstić information content (AvgIpc) is 3.34. The minimum atomic E-state index is -1.85. The number of methoxy groups -OCH3 is 1. The van der Waals surface area contributed by atoms with Crippen LogP contribution in [0.5, 0.6) is 0 Å². The summed E-state index contributed by atoms with van der Waals surface area (Å²) in [5.74, 6) is -12.0. The molecule has 0 radical (unpaired) electrons. The zero-order chi connectivity index (χ0) is 53.8. The highest BCUT2D eigenvalue weighted by atomic mass is 16.5. The molecule has 1 heterocycles. The highest BCUT2D eigenvalue weighted by Crippen LogP contribution is 2.19. The number of carbonyl (C=O) groups is 9. The van der Waals surface area contributed by atoms with E-state index in [2.05, 4.69) is 38.5 Å². The molecule has 0 aliphatic carbocycles. The molecule has 0 saturated carbocycles. The molecule has 19 heteroatoms. The first-order chi connectivity index (χ1) is 33.9. The number of benzene rings is 2. The van der Waals surface area contributed by atoms with Gasteiger partial charge >= 0.3 is 11.9 Å². The van der Waals surface area contributed by atoms with Gasteiger partial charge in [-0.25, -0.2) is 9.59 Å². The largest absolute Gasteiger partial charge is 0.480 e. The Morgan fingerprint density at radius 1 is 0.750 bits per heavy atom. The molecule has 0 spiro atoms. The molecule has 392 valence electrons. The number of hydrogen-bond donors (Lipinski definition) is 8. The molecule has 10 atom stereocenters. The number of nitrogens with zero attached hydrogens (tertiary/aromatic N) is 1. The van der Waals surface area contributed by atoms with Crippen molar-refractivity contribution in [3.8, 4) is 0 Å². The van der Waals surface area contributed by atoms with Crippen molar-refractivity contribution in [3.63, 3.8) is 0 Å². The lowest BCUT2D eigenvalue weighted by Gasteiger charge is -2.28. The van der Waals surface area contributed by atoms with Crippen molar-refractivity contribution < 1.29 is 58.1 Å². The summed E-state index contributed by atoms with van der Waals surface area (Å²) >= 11 is 0. The van der Waals surface area contributed by atoms with Gasteiger partial charge in [0.15, 0.2) is 0 Å². The average molecular weight is 1000 g/mol. The van der Waals surface area contributed by atoms with Gasteiger partial charge in [-0.15, -0.1) is 0 Å². The van der Waals surface area contributed by atoms with E-state index in [1.165, 1.54) is 27.8 Å². The van der Waals surface area contributed by atoms with Gasteiger partial charge in [-0.3, -0.25) is 33.6 Å². The van der Waals surface area contributed by atoms with Crippen LogP contribution < -0.4 is 31.9 Å². The maximum absolute atomic E-state index is 14.5. The lowest BCUT2D eigenvalue weighted by Crippen LogP contribution is -2.59. The van der Waals surface area contributed by atoms with Crippen LogP contribution in [0.25, 0.3) is 0 Å². The molecule has 3 rings (SSSR count). The smallest absolute Gasteiger partial charge is 0.327 e. The second-order valence-electron chi connectivity index (χ2n) is 18.8. The van der Waals surface area contributed by atoms with Crippen molar-refractivity contribution in [1.29, 1.82) is 0 Å². The van der Waals surface area contributed by atoms with Crippen molar-refractivity contribution in [1.82, 2.24) is 36.8 Å². The summed E-state index contributed by atoms with van der Waals surface area (Å²) in [5.41, 5.74) is 2.22. The van der Waals surface area contributed by atoms with Gasteiger partial charge in [0.1, 0.15) is 35.9 Å². The van der Waals surface area contributed by atoms with Gasteiger partial charge in [-0.1, -0.05) is 126 Å². The van der Waals surface area contributed by atoms with Crippen molar-refractivity contribution in [2.24, 2.45) is 23.7 Å². The van der Waals surface area contributed by atoms with Crippen LogP contribution in [0, 0.1) is 23.7 Å². The minimum Gasteiger partial charge on any atom is -0.480 e. The molecule has 19 nitrogen and oxygen atoms in total. The molecule has 72 heavy (non-hydrogen) atoms. The fourth-order valence-corrected chi connectivity index (χ4v) is 7.91. The van der Waals surface area contributed by atoms with Gasteiger partial charge in [-0.05, 0) is 63.0 Å². The van der Waals surface area contributed by atoms with Gasteiger partial charge in [0.2, 0.25) is 35.4 Å². The molecule has 2 aromatic rings. The zero-order valence-electron chi connectivity index (χ0n) is 42.7. The van der Waals surface area contributed by atoms with Crippen LogP contribution in [-0.4, -0.2) is 125 Å². The van der Waals surface area contributed by atoms with Gasteiger partial charge < -0.3 is 51.8 Å². The van der Waals surface area contributed by atoms with Crippen LogP contribution in [0.2, 0.25) is 0 Å². The Balaban J connectivity index is 2.13. The highest BCUT2D eigenvalue weighted by molar-refractivity contribution is 6.00. The molecule has 0 bridgehead atoms. The number of carbonyl (C=O) groups excluding carboxylic acids is 7. The SMILES string of the molecule is C=C1C(=O)NC(C)C(=O)NC(CC(C)C)C(=O)NC(C(=O)O)C(C)C(=O)NC(CCc2ccccc2)C(=O)NC(C=CC(C)=CC(C)C(Cc2ccccc2)OC)C(C)C(=O)NC(C(=O)O)CCC(=O)N1C. The Kier molecular flexibility index (Phi) is 23.5. The van der Waals surface area contributed by atoms with Crippen LogP contribution in [-0.2, 0) is 60.7 Å². The number of likely N-dealkylation sites (N-methyl/N-ethyl adjacent to an activating group) is 1. The standard InChI is InChI=1S/C53H73N7O12/c1-30(2)27-42-51(67)59-45(53(70)71)34(6)47(63)56-40(24-22-37-17-13-11-14-18-37)50(66)55-39(23-21-31(3)28-32(4)43(72-10)29-38-19-15-12-16-20-38)33(5)46(62)57-41(52(68)69)25-26-44(61)60(9)36(8)49(65)54-35(7)48(64)58-42/h11-21,23,28,30,32-35,39-43,45H,8,22,24-27,29H2,1-7,9-10H3,(H,54,65)(H,55,66)(H,56,63)(H,57,62)(H,58,64)(H,59,67)(H,68,69)(H,70,71). The monoisotopic (exact) mass is 1000 g/mol. The maximum atomic E-state index is 14.5. The molecule has 1 fully saturated rings. The first-order valence-corrected chi connectivity index (χ1v) is 24.1. The Labute approximate surface area is 422 Å². The molecule has 2 aromatic carbocycles. The third-order valence-corrected chi connectivity index (χ3v) is 12.6. The predicted molar refractivity (Wildman–Crippen MR) is 269 cm³/mol. The van der Waals surface area contributed by atoms with Crippen LogP contribution in [0.15, 0.2) is 96.7 Å². The summed E-state index contributed by atoms with van der Waals surface area (Å²) in [6.45, 7) is 15.0. The Hall–Kier alpha value is -7.15. The number of rotatable bonds is 14. The van der Waals surface area contributed by atoms with Gasteiger partial charge in [0.05, 0.1) is 24.0 Å². The van der Waals surface area contributed by atoms with Gasteiger partial charge in [0, 0.05) is 26.5 Å². The number of allylic oxidation sites excluding steroid dienone is 2. The molecule has 7 amide bonds. The van der Waals surface area contributed by atoms with Gasteiger partial charge in [-0.2, -0.15) is 0 Å². The fraction of sp³-hybridized carbons (Fsp3) is 0.491. The summed E-state index contributed by atoms with van der Waals surface area (Å²) in [5, 5.41) is 35.9. The lowest BCUT2D eigenvalue weighted by atomic mass is 9.94. The highest BCUT2D eigenvalue weighted by Gasteiger charge is 2.37. The number of amides is 7. The molecular formula is C53H73N7O12. The summed E-state index contributed by atoms with van der Waals surface area (Å²) in [4.78, 5) is 123. The minimum absolute atomic E-state index is 0.00111. The van der Waals surface area contributed by atoms with E-state index < -0.39 is 120 Å². The second-order valence-corrected chi connectivity index (χ2v) is 18.8. The zero-order valence-corrected chi connectivity index (χ0v) is 42.7. The van der Waals surface area contributed by atoms with E-state index in [1.54, 1.807) is 45.2 Å². The first kappa shape index (κ1) is 59.2. The molecular weight excluding hydrogens is 927 g/mol. The van der Waals surface area contributed by atoms with Crippen LogP contribution >= 0.6 is 0 Å². The van der Waals surface area contributed by atoms with Crippen LogP contribution in [0.4, 0.5) is 0 Å². The van der Waals surface area contributed by atoms with E-state index in [1.807, 2.05) is 68.5 Å². The number of nitrogens with one attached hydrogen (secondary N) is 6. The summed E-state index contributed by atoms with van der Waals surface area (Å²) in [7, 11) is 2.85. The normalized spacial score (nSPS) is 25.2. The van der Waals surface area contributed by atoms with Crippen molar-refractivity contribution in [2.75, 3.05) is 14.2 Å². The Morgan fingerprint density at radius 2 is 1.32 bits per heavy atom. The second kappa shape index (κ2) is 28.6. The molecule has 0 aromatic heterocycles. The maximum Gasteiger partial charge on any atom is 0.327 e. The van der Waals surface area contributed by atoms with E-state index in [9.17, 15) is 53.4 Å². The number of ether oxygens (including phenoxy) is 1. The third-order valence-electron chi connectivity index (χ3n) is 12.6. The lowest BCUT2D eigenvalue weighted by molar-refractivity contribution is -0.146. The Bertz CT molecular complexity index is 2300. The number of carboxylic acids is 2. The third kappa shape index (κ3) is 18.5. The summed E-state index contributed by atoms with van der Waals surface area (Å²) in [6.07, 6.45) is 5.06. The van der Waals surface area contributed by atoms with Crippen molar-refractivity contribution in [3.05, 3.63) is 108 Å². The summed E-state index contributed by atoms with van der Waals surface area (Å²) < 4.78 is 5.84. The quantitative estimate of drug-likeness (QED) is 0.100. The topological polar surface area (TPSA) is 279 Å².